The van der Waals surface area contributed by atoms with Gasteiger partial charge in [-0.25, -0.2) is 13.8 Å². The van der Waals surface area contributed by atoms with E-state index in [9.17, 15) is 13.2 Å². The van der Waals surface area contributed by atoms with Crippen molar-refractivity contribution in [2.45, 2.75) is 44.9 Å². The van der Waals surface area contributed by atoms with Crippen molar-refractivity contribution in [1.82, 2.24) is 5.43 Å². The smallest absolute Gasteiger partial charge is 0.264 e. The zero-order chi connectivity index (χ0) is 22.1. The minimum Gasteiger partial charge on any atom is -0.495 e. The molecule has 0 aliphatic carbocycles. The van der Waals surface area contributed by atoms with Gasteiger partial charge in [-0.05, 0) is 56.5 Å². The Hall–Kier alpha value is -2.87. The Labute approximate surface area is 178 Å². The van der Waals surface area contributed by atoms with E-state index in [-0.39, 0.29) is 4.90 Å². The van der Waals surface area contributed by atoms with Crippen LogP contribution in [0.15, 0.2) is 58.5 Å². The molecule has 2 aromatic rings. The minimum absolute atomic E-state index is 0.0870. The fourth-order valence-electron chi connectivity index (χ4n) is 2.83. The summed E-state index contributed by atoms with van der Waals surface area (Å²) in [7, 11) is -2.55. The summed E-state index contributed by atoms with van der Waals surface area (Å²) < 4.78 is 33.2. The number of unbranched alkanes of at least 4 members (excludes halogenated alkanes) is 1. The van der Waals surface area contributed by atoms with Crippen molar-refractivity contribution in [1.29, 1.82) is 0 Å². The molecule has 0 aliphatic rings. The molecular weight excluding hydrogens is 402 g/mol. The van der Waals surface area contributed by atoms with Gasteiger partial charge in [0, 0.05) is 5.71 Å². The third kappa shape index (κ3) is 6.06. The van der Waals surface area contributed by atoms with Crippen molar-refractivity contribution in [3.8, 4) is 5.75 Å². The van der Waals surface area contributed by atoms with Crippen LogP contribution < -0.4 is 14.5 Å². The molecule has 8 heteroatoms. The van der Waals surface area contributed by atoms with Crippen molar-refractivity contribution in [3.05, 3.63) is 54.1 Å². The van der Waals surface area contributed by atoms with Gasteiger partial charge >= 0.3 is 0 Å². The Kier molecular flexibility index (Phi) is 8.41. The highest BCUT2D eigenvalue weighted by atomic mass is 32.2. The second kappa shape index (κ2) is 10.8. The average molecular weight is 432 g/mol. The van der Waals surface area contributed by atoms with Crippen LogP contribution in [0.25, 0.3) is 0 Å². The number of methoxy groups -OCH3 is 1. The van der Waals surface area contributed by atoms with Crippen LogP contribution in [-0.2, 0) is 14.8 Å². The number of aryl methyl sites for hydroxylation is 1. The lowest BCUT2D eigenvalue weighted by Gasteiger charge is -2.25. The van der Waals surface area contributed by atoms with Gasteiger partial charge in [0.15, 0.2) is 0 Å². The third-order valence-electron chi connectivity index (χ3n) is 4.49. The molecule has 0 saturated heterocycles. The molecule has 0 radical (unpaired) electrons. The molecule has 0 aromatic heterocycles. The van der Waals surface area contributed by atoms with Gasteiger partial charge in [0.25, 0.3) is 15.9 Å². The number of carbonyl (C=O) groups is 1. The Bertz CT molecular complexity index is 989. The highest BCUT2D eigenvalue weighted by molar-refractivity contribution is 7.92. The van der Waals surface area contributed by atoms with E-state index in [0.29, 0.717) is 11.4 Å². The molecule has 1 amide bonds. The summed E-state index contributed by atoms with van der Waals surface area (Å²) in [5.74, 6) is -0.176. The first-order valence-electron chi connectivity index (χ1n) is 9.84. The van der Waals surface area contributed by atoms with Gasteiger partial charge in [-0.3, -0.25) is 9.10 Å². The summed E-state index contributed by atoms with van der Waals surface area (Å²) in [4.78, 5) is 12.7. The van der Waals surface area contributed by atoms with Crippen molar-refractivity contribution in [2.75, 3.05) is 18.0 Å². The van der Waals surface area contributed by atoms with Gasteiger partial charge in [0.1, 0.15) is 12.3 Å². The second-order valence-electron chi connectivity index (χ2n) is 6.99. The number of anilines is 1. The summed E-state index contributed by atoms with van der Waals surface area (Å²) in [6.07, 6.45) is 2.77. The second-order valence-corrected chi connectivity index (χ2v) is 8.85. The fraction of sp³-hybridized carbons (Fsp3) is 0.364. The number of amides is 1. The SMILES string of the molecule is CCCC/C(C)=N\NC(=O)CN(c1cc(C)ccc1OC)S(=O)(=O)c1ccccc1. The van der Waals surface area contributed by atoms with Gasteiger partial charge in [-0.15, -0.1) is 0 Å². The predicted molar refractivity (Wildman–Crippen MR) is 119 cm³/mol. The lowest BCUT2D eigenvalue weighted by Crippen LogP contribution is -2.40. The highest BCUT2D eigenvalue weighted by Gasteiger charge is 2.29. The maximum Gasteiger partial charge on any atom is 0.264 e. The Morgan fingerprint density at radius 2 is 1.87 bits per heavy atom. The summed E-state index contributed by atoms with van der Waals surface area (Å²) in [5, 5.41) is 4.09. The number of hydrogen-bond donors (Lipinski definition) is 1. The van der Waals surface area contributed by atoms with Crippen LogP contribution in [0, 0.1) is 6.92 Å². The van der Waals surface area contributed by atoms with E-state index >= 15 is 0 Å². The summed E-state index contributed by atoms with van der Waals surface area (Å²) in [6, 6.07) is 13.2. The zero-order valence-electron chi connectivity index (χ0n) is 17.9. The monoisotopic (exact) mass is 431 g/mol. The van der Waals surface area contributed by atoms with Crippen LogP contribution in [0.3, 0.4) is 0 Å². The number of hydrazone groups is 1. The zero-order valence-corrected chi connectivity index (χ0v) is 18.7. The van der Waals surface area contributed by atoms with E-state index in [4.69, 9.17) is 4.74 Å². The van der Waals surface area contributed by atoms with Gasteiger partial charge < -0.3 is 4.74 Å². The minimum atomic E-state index is -4.01. The molecule has 30 heavy (non-hydrogen) atoms. The first kappa shape index (κ1) is 23.4. The molecule has 0 saturated carbocycles. The average Bonchev–Trinajstić information content (AvgIpc) is 2.75. The number of sulfonamides is 1. The van der Waals surface area contributed by atoms with Gasteiger partial charge in [0.05, 0.1) is 17.7 Å². The van der Waals surface area contributed by atoms with Gasteiger partial charge in [-0.1, -0.05) is 37.6 Å². The molecule has 0 spiro atoms. The van der Waals surface area contributed by atoms with E-state index < -0.39 is 22.5 Å². The van der Waals surface area contributed by atoms with Crippen LogP contribution in [-0.4, -0.2) is 33.7 Å². The number of nitrogens with zero attached hydrogens (tertiary/aromatic N) is 2. The van der Waals surface area contributed by atoms with E-state index in [2.05, 4.69) is 17.5 Å². The van der Waals surface area contributed by atoms with E-state index in [1.165, 1.54) is 19.2 Å². The molecule has 0 unspecified atom stereocenters. The maximum absolute atomic E-state index is 13.4. The quantitative estimate of drug-likeness (QED) is 0.457. The number of nitrogens with one attached hydrogen (secondary N) is 1. The molecule has 7 nitrogen and oxygen atoms in total. The number of benzene rings is 2. The van der Waals surface area contributed by atoms with Crippen LogP contribution in [0.4, 0.5) is 5.69 Å². The molecular formula is C22H29N3O4S. The Morgan fingerprint density at radius 3 is 2.50 bits per heavy atom. The Morgan fingerprint density at radius 1 is 1.17 bits per heavy atom. The van der Waals surface area contributed by atoms with E-state index in [0.717, 1.165) is 34.8 Å². The van der Waals surface area contributed by atoms with Crippen LogP contribution in [0.1, 0.15) is 38.7 Å². The van der Waals surface area contributed by atoms with Gasteiger partial charge in [0.2, 0.25) is 0 Å². The first-order chi connectivity index (χ1) is 14.3. The molecule has 162 valence electrons. The molecule has 0 heterocycles. The van der Waals surface area contributed by atoms with Crippen molar-refractivity contribution in [3.63, 3.8) is 0 Å². The molecule has 0 aliphatic heterocycles. The number of carbonyl (C=O) groups excluding carboxylic acids is 1. The number of rotatable bonds is 10. The first-order valence-corrected chi connectivity index (χ1v) is 11.3. The molecule has 0 fully saturated rings. The Balaban J connectivity index is 2.40. The summed E-state index contributed by atoms with van der Waals surface area (Å²) in [5.41, 5.74) is 4.39. The predicted octanol–water partition coefficient (Wildman–Crippen LogP) is 3.88. The number of hydrogen-bond acceptors (Lipinski definition) is 5. The van der Waals surface area contributed by atoms with Gasteiger partial charge in [-0.2, -0.15) is 5.10 Å². The van der Waals surface area contributed by atoms with E-state index in [1.54, 1.807) is 30.3 Å². The lowest BCUT2D eigenvalue weighted by molar-refractivity contribution is -0.119. The fourth-order valence-corrected chi connectivity index (χ4v) is 4.27. The molecule has 0 atom stereocenters. The number of ether oxygens (including phenoxy) is 1. The lowest BCUT2D eigenvalue weighted by atomic mass is 10.2. The van der Waals surface area contributed by atoms with E-state index in [1.807, 2.05) is 19.9 Å². The third-order valence-corrected chi connectivity index (χ3v) is 6.26. The van der Waals surface area contributed by atoms with Crippen molar-refractivity contribution in [2.24, 2.45) is 5.10 Å². The normalized spacial score (nSPS) is 11.8. The van der Waals surface area contributed by atoms with Crippen molar-refractivity contribution >= 4 is 27.3 Å². The molecule has 0 bridgehead atoms. The molecule has 2 rings (SSSR count). The van der Waals surface area contributed by atoms with Crippen LogP contribution >= 0.6 is 0 Å². The highest BCUT2D eigenvalue weighted by Crippen LogP contribution is 2.33. The summed E-state index contributed by atoms with van der Waals surface area (Å²) >= 11 is 0. The topological polar surface area (TPSA) is 88.1 Å². The summed E-state index contributed by atoms with van der Waals surface area (Å²) in [6.45, 7) is 5.32. The molecule has 1 N–H and O–H groups in total. The van der Waals surface area contributed by atoms with Crippen LogP contribution in [0.2, 0.25) is 0 Å². The molecule has 2 aromatic carbocycles. The largest absolute Gasteiger partial charge is 0.495 e. The van der Waals surface area contributed by atoms with Crippen molar-refractivity contribution < 1.29 is 17.9 Å². The maximum atomic E-state index is 13.4. The standard InChI is InChI=1S/C22H29N3O4S/c1-5-6-10-18(3)23-24-22(26)16-25(20-15-17(2)13-14-21(20)29-4)30(27,28)19-11-8-7-9-12-19/h7-9,11-15H,5-6,10,16H2,1-4H3,(H,24,26)/b23-18-. The van der Waals surface area contributed by atoms with Crippen LogP contribution in [0.5, 0.6) is 5.75 Å².